The number of nitrogens with zero attached hydrogens (tertiary/aromatic N) is 2. The van der Waals surface area contributed by atoms with Crippen LogP contribution in [-0.4, -0.2) is 47.0 Å². The second kappa shape index (κ2) is 7.76. The van der Waals surface area contributed by atoms with Crippen molar-refractivity contribution >= 4 is 17.5 Å². The van der Waals surface area contributed by atoms with Crippen LogP contribution in [0, 0.1) is 12.7 Å². The van der Waals surface area contributed by atoms with E-state index in [2.05, 4.69) is 10.3 Å². The molecule has 0 spiro atoms. The SMILES string of the molecule is Cc1cc2c(c(C(C)C)c1F)C(=O)N1C[C@@H](Oc3cc4c(cn3)CCC(=O)N4)C[C@@H]1CO2. The molecule has 2 atom stereocenters. The number of nitrogens with one attached hydrogen (secondary N) is 1. The Morgan fingerprint density at radius 1 is 1.28 bits per heavy atom. The summed E-state index contributed by atoms with van der Waals surface area (Å²) < 4.78 is 27.0. The molecule has 168 valence electrons. The molecule has 3 aliphatic rings. The molecule has 8 heteroatoms. The number of amides is 2. The van der Waals surface area contributed by atoms with E-state index in [0.717, 1.165) is 11.3 Å². The minimum atomic E-state index is -0.346. The van der Waals surface area contributed by atoms with Gasteiger partial charge in [-0.1, -0.05) is 13.8 Å². The van der Waals surface area contributed by atoms with Gasteiger partial charge in [-0.15, -0.1) is 0 Å². The quantitative estimate of drug-likeness (QED) is 0.791. The Labute approximate surface area is 185 Å². The molecule has 1 fully saturated rings. The molecular formula is C24H26FN3O4. The standard InChI is InChI=1S/C24H26FN3O4/c1-12(2)21-22-18(6-13(3)23(21)25)31-11-15-7-16(10-28(15)24(22)30)32-20-8-17-14(9-26-20)4-5-19(29)27-17/h6,8-9,12,15-16H,4-5,7,10-11H2,1-3H3,(H,27,29)/t15-,16+/m1/s1. The van der Waals surface area contributed by atoms with Crippen molar-refractivity contribution < 1.29 is 23.5 Å². The van der Waals surface area contributed by atoms with Crippen molar-refractivity contribution in [1.82, 2.24) is 9.88 Å². The summed E-state index contributed by atoms with van der Waals surface area (Å²) in [5.41, 5.74) is 2.91. The topological polar surface area (TPSA) is 80.8 Å². The zero-order chi connectivity index (χ0) is 22.6. The van der Waals surface area contributed by atoms with E-state index in [1.165, 1.54) is 0 Å². The molecule has 4 heterocycles. The number of fused-ring (bicyclic) bond motifs is 3. The van der Waals surface area contributed by atoms with Crippen LogP contribution in [-0.2, 0) is 11.2 Å². The average molecular weight is 439 g/mol. The number of anilines is 1. The molecule has 1 aromatic carbocycles. The summed E-state index contributed by atoms with van der Waals surface area (Å²) in [4.78, 5) is 31.3. The smallest absolute Gasteiger partial charge is 0.258 e. The van der Waals surface area contributed by atoms with Crippen molar-refractivity contribution in [2.24, 2.45) is 0 Å². The lowest BCUT2D eigenvalue weighted by Crippen LogP contribution is -2.37. The largest absolute Gasteiger partial charge is 0.491 e. The second-order valence-electron chi connectivity index (χ2n) is 9.07. The Morgan fingerprint density at radius 2 is 2.09 bits per heavy atom. The molecule has 1 aromatic heterocycles. The summed E-state index contributed by atoms with van der Waals surface area (Å²) >= 11 is 0. The number of rotatable bonds is 3. The normalized spacial score (nSPS) is 22.0. The predicted octanol–water partition coefficient (Wildman–Crippen LogP) is 3.59. The van der Waals surface area contributed by atoms with Gasteiger partial charge in [0.05, 0.1) is 23.8 Å². The van der Waals surface area contributed by atoms with Gasteiger partial charge in [0, 0.05) is 30.7 Å². The van der Waals surface area contributed by atoms with Crippen LogP contribution in [0.25, 0.3) is 0 Å². The van der Waals surface area contributed by atoms with Crippen molar-refractivity contribution in [2.75, 3.05) is 18.5 Å². The molecule has 1 N–H and O–H groups in total. The molecule has 0 bridgehead atoms. The fourth-order valence-corrected chi connectivity index (χ4v) is 4.84. The number of pyridine rings is 1. The Bertz CT molecular complexity index is 1120. The van der Waals surface area contributed by atoms with Gasteiger partial charge in [-0.25, -0.2) is 9.37 Å². The van der Waals surface area contributed by atoms with Gasteiger partial charge >= 0.3 is 0 Å². The van der Waals surface area contributed by atoms with Crippen LogP contribution >= 0.6 is 0 Å². The average Bonchev–Trinajstić information content (AvgIpc) is 3.10. The van der Waals surface area contributed by atoms with E-state index in [-0.39, 0.29) is 35.7 Å². The van der Waals surface area contributed by atoms with Gasteiger partial charge in [-0.3, -0.25) is 9.59 Å². The number of ether oxygens (including phenoxy) is 2. The molecule has 1 saturated heterocycles. The van der Waals surface area contributed by atoms with E-state index in [1.54, 1.807) is 30.2 Å². The van der Waals surface area contributed by atoms with Crippen molar-refractivity contribution in [3.63, 3.8) is 0 Å². The maximum Gasteiger partial charge on any atom is 0.258 e. The molecule has 0 radical (unpaired) electrons. The molecule has 0 unspecified atom stereocenters. The number of aryl methyl sites for hydroxylation is 2. The first kappa shape index (κ1) is 20.7. The fourth-order valence-electron chi connectivity index (χ4n) is 4.84. The molecule has 2 aromatic rings. The third-order valence-corrected chi connectivity index (χ3v) is 6.45. The number of hydrogen-bond donors (Lipinski definition) is 1. The lowest BCUT2D eigenvalue weighted by Gasteiger charge is -2.22. The highest BCUT2D eigenvalue weighted by molar-refractivity contribution is 5.99. The van der Waals surface area contributed by atoms with Crippen molar-refractivity contribution in [1.29, 1.82) is 0 Å². The minimum absolute atomic E-state index is 0.0197. The number of carbonyl (C=O) groups is 2. The zero-order valence-electron chi connectivity index (χ0n) is 18.4. The number of aromatic nitrogens is 1. The number of benzene rings is 1. The highest BCUT2D eigenvalue weighted by atomic mass is 19.1. The maximum absolute atomic E-state index is 14.9. The van der Waals surface area contributed by atoms with Crippen molar-refractivity contribution in [2.45, 2.75) is 58.1 Å². The lowest BCUT2D eigenvalue weighted by atomic mass is 9.92. The molecule has 7 nitrogen and oxygen atoms in total. The van der Waals surface area contributed by atoms with Gasteiger partial charge in [-0.05, 0) is 36.5 Å². The fraction of sp³-hybridized carbons (Fsp3) is 0.458. The predicted molar refractivity (Wildman–Crippen MR) is 116 cm³/mol. The summed E-state index contributed by atoms with van der Waals surface area (Å²) in [6, 6.07) is 3.19. The summed E-state index contributed by atoms with van der Waals surface area (Å²) in [7, 11) is 0. The van der Waals surface area contributed by atoms with E-state index in [1.807, 2.05) is 13.8 Å². The molecule has 0 aliphatic carbocycles. The van der Waals surface area contributed by atoms with E-state index < -0.39 is 0 Å². The first-order valence-electron chi connectivity index (χ1n) is 11.0. The molecule has 3 aliphatic heterocycles. The van der Waals surface area contributed by atoms with E-state index in [9.17, 15) is 14.0 Å². The van der Waals surface area contributed by atoms with Gasteiger partial charge < -0.3 is 19.7 Å². The van der Waals surface area contributed by atoms with E-state index >= 15 is 0 Å². The second-order valence-corrected chi connectivity index (χ2v) is 9.07. The molecule has 5 rings (SSSR count). The zero-order valence-corrected chi connectivity index (χ0v) is 18.4. The van der Waals surface area contributed by atoms with Crippen LogP contribution in [0.4, 0.5) is 10.1 Å². The molecular weight excluding hydrogens is 413 g/mol. The molecule has 0 saturated carbocycles. The Morgan fingerprint density at radius 3 is 2.88 bits per heavy atom. The molecule has 32 heavy (non-hydrogen) atoms. The first-order chi connectivity index (χ1) is 15.3. The molecule has 2 amide bonds. The number of halogens is 1. The van der Waals surface area contributed by atoms with Crippen LogP contribution in [0.3, 0.4) is 0 Å². The number of carbonyl (C=O) groups excluding carboxylic acids is 2. The van der Waals surface area contributed by atoms with E-state index in [4.69, 9.17) is 9.47 Å². The van der Waals surface area contributed by atoms with Crippen LogP contribution < -0.4 is 14.8 Å². The van der Waals surface area contributed by atoms with E-state index in [0.29, 0.717) is 60.7 Å². The summed E-state index contributed by atoms with van der Waals surface area (Å²) in [5.74, 6) is 0.123. The van der Waals surface area contributed by atoms with Gasteiger partial charge in [0.2, 0.25) is 11.8 Å². The Kier molecular flexibility index (Phi) is 5.03. The van der Waals surface area contributed by atoms with Gasteiger partial charge in [-0.2, -0.15) is 0 Å². The highest BCUT2D eigenvalue weighted by Gasteiger charge is 2.42. The van der Waals surface area contributed by atoms with Gasteiger partial charge in [0.1, 0.15) is 24.3 Å². The monoisotopic (exact) mass is 439 g/mol. The summed E-state index contributed by atoms with van der Waals surface area (Å²) in [6.07, 6.45) is 3.16. The third-order valence-electron chi connectivity index (χ3n) is 6.45. The highest BCUT2D eigenvalue weighted by Crippen LogP contribution is 2.38. The van der Waals surface area contributed by atoms with Gasteiger partial charge in [0.25, 0.3) is 5.91 Å². The van der Waals surface area contributed by atoms with Crippen molar-refractivity contribution in [3.05, 3.63) is 46.4 Å². The summed E-state index contributed by atoms with van der Waals surface area (Å²) in [5, 5.41) is 2.85. The van der Waals surface area contributed by atoms with Crippen LogP contribution in [0.2, 0.25) is 0 Å². The van der Waals surface area contributed by atoms with Crippen LogP contribution in [0.1, 0.15) is 59.7 Å². The Balaban J connectivity index is 1.39. The van der Waals surface area contributed by atoms with Crippen LogP contribution in [0.15, 0.2) is 18.3 Å². The lowest BCUT2D eigenvalue weighted by molar-refractivity contribution is -0.116. The van der Waals surface area contributed by atoms with Crippen molar-refractivity contribution in [3.8, 4) is 11.6 Å². The maximum atomic E-state index is 14.9. The third kappa shape index (κ3) is 3.47. The van der Waals surface area contributed by atoms with Crippen LogP contribution in [0.5, 0.6) is 11.6 Å². The minimum Gasteiger partial charge on any atom is -0.491 e. The van der Waals surface area contributed by atoms with Gasteiger partial charge in [0.15, 0.2) is 0 Å². The first-order valence-corrected chi connectivity index (χ1v) is 11.0. The summed E-state index contributed by atoms with van der Waals surface area (Å²) in [6.45, 7) is 6.15. The Hall–Kier alpha value is -3.16. The number of hydrogen-bond acceptors (Lipinski definition) is 5.